The first-order chi connectivity index (χ1) is 9.13. The molecule has 0 radical (unpaired) electrons. The van der Waals surface area contributed by atoms with Gasteiger partial charge in [-0.3, -0.25) is 0 Å². The van der Waals surface area contributed by atoms with Crippen LogP contribution in [0.25, 0.3) is 0 Å². The summed E-state index contributed by atoms with van der Waals surface area (Å²) >= 11 is 0. The Morgan fingerprint density at radius 3 is 2.63 bits per heavy atom. The number of aliphatic carboxylic acids is 1. The Morgan fingerprint density at radius 1 is 1.37 bits per heavy atom. The molecule has 0 aromatic heterocycles. The van der Waals surface area contributed by atoms with Gasteiger partial charge in [-0.15, -0.1) is 0 Å². The van der Waals surface area contributed by atoms with Crippen LogP contribution in [0.4, 0.5) is 4.79 Å². The molecular weight excluding hydrogens is 252 g/mol. The number of amides is 2. The highest BCUT2D eigenvalue weighted by molar-refractivity contribution is 5.74. The van der Waals surface area contributed by atoms with Crippen LogP contribution in [-0.4, -0.2) is 67.6 Å². The summed E-state index contributed by atoms with van der Waals surface area (Å²) in [5, 5.41) is 11.3. The van der Waals surface area contributed by atoms with Crippen LogP contribution in [0.15, 0.2) is 0 Å². The van der Waals surface area contributed by atoms with E-state index in [0.29, 0.717) is 45.7 Å². The highest BCUT2D eigenvalue weighted by Gasteiger charge is 2.23. The first kappa shape index (κ1) is 15.7. The molecule has 0 spiro atoms. The second kappa shape index (κ2) is 8.71. The first-order valence-electron chi connectivity index (χ1n) is 6.57. The SMILES string of the molecule is CCOCCNC(=O)N1CCC(OCC(=O)O)CC1. The van der Waals surface area contributed by atoms with E-state index in [-0.39, 0.29) is 18.7 Å². The number of carboxylic acids is 1. The molecular formula is C12H22N2O5. The summed E-state index contributed by atoms with van der Waals surface area (Å²) < 4.78 is 10.3. The Kier molecular flexibility index (Phi) is 7.20. The number of carbonyl (C=O) groups is 2. The van der Waals surface area contributed by atoms with Crippen molar-refractivity contribution in [3.63, 3.8) is 0 Å². The predicted molar refractivity (Wildman–Crippen MR) is 68.1 cm³/mol. The van der Waals surface area contributed by atoms with Gasteiger partial charge in [-0.05, 0) is 19.8 Å². The average molecular weight is 274 g/mol. The standard InChI is InChI=1S/C12H22N2O5/c1-2-18-8-5-13-12(17)14-6-3-10(4-7-14)19-9-11(15)16/h10H,2-9H2,1H3,(H,13,17)(H,15,16). The second-order valence-electron chi connectivity index (χ2n) is 4.32. The van der Waals surface area contributed by atoms with Gasteiger partial charge in [0.2, 0.25) is 0 Å². The third-order valence-corrected chi connectivity index (χ3v) is 2.90. The van der Waals surface area contributed by atoms with Gasteiger partial charge in [-0.25, -0.2) is 9.59 Å². The summed E-state index contributed by atoms with van der Waals surface area (Å²) in [6.07, 6.45) is 1.28. The molecule has 7 nitrogen and oxygen atoms in total. The van der Waals surface area contributed by atoms with Crippen molar-refractivity contribution in [2.45, 2.75) is 25.9 Å². The van der Waals surface area contributed by atoms with Crippen LogP contribution in [0.1, 0.15) is 19.8 Å². The van der Waals surface area contributed by atoms with Crippen molar-refractivity contribution < 1.29 is 24.2 Å². The van der Waals surface area contributed by atoms with Crippen LogP contribution in [0.3, 0.4) is 0 Å². The summed E-state index contributed by atoms with van der Waals surface area (Å²) in [5.41, 5.74) is 0. The lowest BCUT2D eigenvalue weighted by atomic mass is 10.1. The molecule has 1 heterocycles. The zero-order valence-electron chi connectivity index (χ0n) is 11.3. The van der Waals surface area contributed by atoms with Crippen LogP contribution < -0.4 is 5.32 Å². The molecule has 2 N–H and O–H groups in total. The van der Waals surface area contributed by atoms with Crippen molar-refractivity contribution in [2.75, 3.05) is 39.5 Å². The third kappa shape index (κ3) is 6.40. The Hall–Kier alpha value is -1.34. The lowest BCUT2D eigenvalue weighted by Crippen LogP contribution is -2.46. The second-order valence-corrected chi connectivity index (χ2v) is 4.32. The van der Waals surface area contributed by atoms with E-state index in [0.717, 1.165) is 0 Å². The van der Waals surface area contributed by atoms with E-state index in [1.165, 1.54) is 0 Å². The average Bonchev–Trinajstić information content (AvgIpc) is 2.41. The van der Waals surface area contributed by atoms with Crippen LogP contribution in [-0.2, 0) is 14.3 Å². The number of carbonyl (C=O) groups excluding carboxylic acids is 1. The highest BCUT2D eigenvalue weighted by atomic mass is 16.5. The summed E-state index contributed by atoms with van der Waals surface area (Å²) in [7, 11) is 0. The Bertz CT molecular complexity index is 290. The molecule has 1 aliphatic rings. The minimum absolute atomic E-state index is 0.0661. The van der Waals surface area contributed by atoms with Gasteiger partial charge in [0.1, 0.15) is 6.61 Å². The molecule has 0 atom stereocenters. The molecule has 2 amide bonds. The summed E-state index contributed by atoms with van der Waals surface area (Å²) in [5.74, 6) is -0.962. The van der Waals surface area contributed by atoms with Crippen molar-refractivity contribution >= 4 is 12.0 Å². The van der Waals surface area contributed by atoms with Gasteiger partial charge >= 0.3 is 12.0 Å². The number of urea groups is 1. The van der Waals surface area contributed by atoms with E-state index >= 15 is 0 Å². The predicted octanol–water partition coefficient (Wildman–Crippen LogP) is 0.298. The number of carboxylic acid groups (broad SMARTS) is 1. The summed E-state index contributed by atoms with van der Waals surface area (Å²) in [6.45, 7) is 4.47. The van der Waals surface area contributed by atoms with E-state index in [1.807, 2.05) is 6.92 Å². The molecule has 0 aliphatic carbocycles. The monoisotopic (exact) mass is 274 g/mol. The van der Waals surface area contributed by atoms with E-state index in [1.54, 1.807) is 4.90 Å². The lowest BCUT2D eigenvalue weighted by Gasteiger charge is -2.31. The highest BCUT2D eigenvalue weighted by Crippen LogP contribution is 2.13. The zero-order valence-corrected chi connectivity index (χ0v) is 11.3. The molecule has 0 bridgehead atoms. The Morgan fingerprint density at radius 2 is 2.05 bits per heavy atom. The first-order valence-corrected chi connectivity index (χ1v) is 6.57. The number of nitrogens with one attached hydrogen (secondary N) is 1. The van der Waals surface area contributed by atoms with Gasteiger partial charge in [0.15, 0.2) is 0 Å². The fraction of sp³-hybridized carbons (Fsp3) is 0.833. The maximum atomic E-state index is 11.8. The number of hydrogen-bond acceptors (Lipinski definition) is 4. The van der Waals surface area contributed by atoms with E-state index < -0.39 is 5.97 Å². The molecule has 19 heavy (non-hydrogen) atoms. The molecule has 110 valence electrons. The maximum absolute atomic E-state index is 11.8. The zero-order chi connectivity index (χ0) is 14.1. The minimum Gasteiger partial charge on any atom is -0.480 e. The summed E-state index contributed by atoms with van der Waals surface area (Å²) in [6, 6.07) is -0.101. The quantitative estimate of drug-likeness (QED) is 0.652. The smallest absolute Gasteiger partial charge is 0.329 e. The fourth-order valence-corrected chi connectivity index (χ4v) is 1.90. The Balaban J connectivity index is 2.14. The Labute approximate surface area is 112 Å². The molecule has 1 rings (SSSR count). The van der Waals surface area contributed by atoms with Crippen molar-refractivity contribution in [1.29, 1.82) is 0 Å². The third-order valence-electron chi connectivity index (χ3n) is 2.90. The van der Waals surface area contributed by atoms with Crippen molar-refractivity contribution in [3.8, 4) is 0 Å². The van der Waals surface area contributed by atoms with Gasteiger partial charge < -0.3 is 24.8 Å². The van der Waals surface area contributed by atoms with Crippen molar-refractivity contribution in [1.82, 2.24) is 10.2 Å². The molecule has 1 aliphatic heterocycles. The normalized spacial score (nSPS) is 16.4. The summed E-state index contributed by atoms with van der Waals surface area (Å²) in [4.78, 5) is 23.8. The minimum atomic E-state index is -0.962. The van der Waals surface area contributed by atoms with E-state index in [4.69, 9.17) is 14.6 Å². The van der Waals surface area contributed by atoms with E-state index in [9.17, 15) is 9.59 Å². The van der Waals surface area contributed by atoms with Gasteiger partial charge in [0, 0.05) is 26.2 Å². The van der Waals surface area contributed by atoms with Gasteiger partial charge in [-0.1, -0.05) is 0 Å². The largest absolute Gasteiger partial charge is 0.480 e. The lowest BCUT2D eigenvalue weighted by molar-refractivity contribution is -0.145. The number of piperidine rings is 1. The number of ether oxygens (including phenoxy) is 2. The number of likely N-dealkylation sites (tertiary alicyclic amines) is 1. The molecule has 0 aromatic rings. The van der Waals surface area contributed by atoms with Crippen LogP contribution in [0, 0.1) is 0 Å². The van der Waals surface area contributed by atoms with Gasteiger partial charge in [0.05, 0.1) is 12.7 Å². The van der Waals surface area contributed by atoms with Gasteiger partial charge in [-0.2, -0.15) is 0 Å². The number of rotatable bonds is 7. The van der Waals surface area contributed by atoms with Crippen molar-refractivity contribution in [3.05, 3.63) is 0 Å². The molecule has 7 heteroatoms. The topological polar surface area (TPSA) is 88.1 Å². The molecule has 1 fully saturated rings. The molecule has 0 unspecified atom stereocenters. The van der Waals surface area contributed by atoms with Gasteiger partial charge in [0.25, 0.3) is 0 Å². The number of nitrogens with zero attached hydrogens (tertiary/aromatic N) is 1. The van der Waals surface area contributed by atoms with Crippen LogP contribution in [0.5, 0.6) is 0 Å². The maximum Gasteiger partial charge on any atom is 0.329 e. The molecule has 1 saturated heterocycles. The molecule has 0 aromatic carbocycles. The van der Waals surface area contributed by atoms with E-state index in [2.05, 4.69) is 5.32 Å². The van der Waals surface area contributed by atoms with Crippen LogP contribution in [0.2, 0.25) is 0 Å². The van der Waals surface area contributed by atoms with Crippen LogP contribution >= 0.6 is 0 Å². The molecule has 0 saturated carbocycles. The fourth-order valence-electron chi connectivity index (χ4n) is 1.90. The van der Waals surface area contributed by atoms with Crippen molar-refractivity contribution in [2.24, 2.45) is 0 Å². The number of hydrogen-bond donors (Lipinski definition) is 2.